The van der Waals surface area contributed by atoms with E-state index in [1.54, 1.807) is 24.3 Å². The van der Waals surface area contributed by atoms with E-state index in [0.29, 0.717) is 11.5 Å². The van der Waals surface area contributed by atoms with Gasteiger partial charge in [0.2, 0.25) is 0 Å². The number of hydrogen-bond acceptors (Lipinski definition) is 4. The highest BCUT2D eigenvalue weighted by molar-refractivity contribution is 5.91. The van der Waals surface area contributed by atoms with E-state index in [4.69, 9.17) is 10.5 Å². The number of amides is 1. The first-order valence-electron chi connectivity index (χ1n) is 4.88. The second kappa shape index (κ2) is 4.52. The third-order valence-corrected chi connectivity index (χ3v) is 2.08. The van der Waals surface area contributed by atoms with Crippen LogP contribution in [-0.2, 0) is 0 Å². The zero-order valence-electron chi connectivity index (χ0n) is 8.83. The Morgan fingerprint density at radius 1 is 1.29 bits per heavy atom. The first-order chi connectivity index (χ1) is 8.16. The molecule has 17 heavy (non-hydrogen) atoms. The molecule has 0 radical (unpaired) electrons. The lowest BCUT2D eigenvalue weighted by atomic mass is 10.3. The summed E-state index contributed by atoms with van der Waals surface area (Å²) < 4.78 is 5.40. The molecule has 1 amide bonds. The number of ether oxygens (including phenoxy) is 1. The molecule has 5 nitrogen and oxygen atoms in total. The van der Waals surface area contributed by atoms with E-state index in [1.807, 2.05) is 0 Å². The monoisotopic (exact) mass is 230 g/mol. The van der Waals surface area contributed by atoms with Gasteiger partial charge in [-0.1, -0.05) is 12.1 Å². The van der Waals surface area contributed by atoms with Gasteiger partial charge in [0.1, 0.15) is 11.4 Å². The lowest BCUT2D eigenvalue weighted by Crippen LogP contribution is -2.12. The van der Waals surface area contributed by atoms with Crippen molar-refractivity contribution < 1.29 is 14.6 Å². The summed E-state index contributed by atoms with van der Waals surface area (Å²) in [6.45, 7) is 0. The van der Waals surface area contributed by atoms with Crippen molar-refractivity contribution in [3.8, 4) is 17.2 Å². The van der Waals surface area contributed by atoms with E-state index in [1.165, 1.54) is 18.3 Å². The van der Waals surface area contributed by atoms with Crippen LogP contribution in [0, 0.1) is 0 Å². The molecular weight excluding hydrogens is 220 g/mol. The van der Waals surface area contributed by atoms with Gasteiger partial charge >= 0.3 is 0 Å². The quantitative estimate of drug-likeness (QED) is 0.839. The Balaban J connectivity index is 2.28. The summed E-state index contributed by atoms with van der Waals surface area (Å²) in [5.41, 5.74) is 5.21. The number of pyridine rings is 1. The summed E-state index contributed by atoms with van der Waals surface area (Å²) in [4.78, 5) is 14.7. The minimum Gasteiger partial charge on any atom is -0.504 e. The molecule has 0 aliphatic carbocycles. The minimum atomic E-state index is -0.632. The number of benzene rings is 1. The first kappa shape index (κ1) is 10.9. The molecule has 0 bridgehead atoms. The number of nitrogens with two attached hydrogens (primary N) is 1. The molecule has 5 heteroatoms. The van der Waals surface area contributed by atoms with Gasteiger partial charge in [0.15, 0.2) is 11.5 Å². The Morgan fingerprint density at radius 3 is 2.76 bits per heavy atom. The zero-order valence-corrected chi connectivity index (χ0v) is 8.83. The van der Waals surface area contributed by atoms with Gasteiger partial charge in [-0.2, -0.15) is 0 Å². The molecule has 0 saturated carbocycles. The molecule has 1 heterocycles. The fraction of sp³-hybridized carbons (Fsp3) is 0. The summed E-state index contributed by atoms with van der Waals surface area (Å²) in [6.07, 6.45) is 1.41. The van der Waals surface area contributed by atoms with Crippen LogP contribution < -0.4 is 10.5 Å². The fourth-order valence-corrected chi connectivity index (χ4v) is 1.28. The van der Waals surface area contributed by atoms with Crippen molar-refractivity contribution in [1.82, 2.24) is 4.98 Å². The normalized spacial score (nSPS) is 9.88. The smallest absolute Gasteiger partial charge is 0.267 e. The molecule has 1 aromatic heterocycles. The molecule has 86 valence electrons. The molecule has 0 fully saturated rings. The number of primary amides is 1. The highest BCUT2D eigenvalue weighted by atomic mass is 16.5. The molecule has 2 rings (SSSR count). The SMILES string of the molecule is NC(=O)c1cc(Oc2ccccc2O)ccn1. The van der Waals surface area contributed by atoms with E-state index in [9.17, 15) is 9.90 Å². The highest BCUT2D eigenvalue weighted by Crippen LogP contribution is 2.29. The zero-order chi connectivity index (χ0) is 12.3. The van der Waals surface area contributed by atoms with Crippen LogP contribution >= 0.6 is 0 Å². The van der Waals surface area contributed by atoms with Crippen LogP contribution in [0.15, 0.2) is 42.6 Å². The largest absolute Gasteiger partial charge is 0.504 e. The van der Waals surface area contributed by atoms with Crippen molar-refractivity contribution in [2.24, 2.45) is 5.73 Å². The van der Waals surface area contributed by atoms with Gasteiger partial charge in [-0.05, 0) is 18.2 Å². The van der Waals surface area contributed by atoms with Crippen LogP contribution in [0.1, 0.15) is 10.5 Å². The second-order valence-electron chi connectivity index (χ2n) is 3.31. The molecule has 1 aromatic carbocycles. The molecule has 0 atom stereocenters. The van der Waals surface area contributed by atoms with Crippen LogP contribution in [-0.4, -0.2) is 16.0 Å². The number of rotatable bonds is 3. The summed E-state index contributed by atoms with van der Waals surface area (Å²) in [5.74, 6) is 0.0714. The number of aromatic hydroxyl groups is 1. The Hall–Kier alpha value is -2.56. The minimum absolute atomic E-state index is 0.0185. The number of nitrogens with zero attached hydrogens (tertiary/aromatic N) is 1. The molecule has 0 spiro atoms. The number of phenols is 1. The van der Waals surface area contributed by atoms with Gasteiger partial charge in [-0.15, -0.1) is 0 Å². The standard InChI is InChI=1S/C12H10N2O3/c13-12(16)9-7-8(5-6-14-9)17-11-4-2-1-3-10(11)15/h1-7,15H,(H2,13,16). The average molecular weight is 230 g/mol. The lowest BCUT2D eigenvalue weighted by molar-refractivity contribution is 0.0995. The van der Waals surface area contributed by atoms with Gasteiger partial charge in [-0.3, -0.25) is 9.78 Å². The van der Waals surface area contributed by atoms with Crippen molar-refractivity contribution in [3.63, 3.8) is 0 Å². The molecule has 3 N–H and O–H groups in total. The molecule has 0 unspecified atom stereocenters. The Kier molecular flexibility index (Phi) is 2.91. The summed E-state index contributed by atoms with van der Waals surface area (Å²) in [6, 6.07) is 9.51. The van der Waals surface area contributed by atoms with Crippen LogP contribution in [0.3, 0.4) is 0 Å². The maximum atomic E-state index is 10.9. The molecule has 2 aromatic rings. The van der Waals surface area contributed by atoms with Crippen molar-refractivity contribution >= 4 is 5.91 Å². The van der Waals surface area contributed by atoms with Gasteiger partial charge in [0.05, 0.1) is 0 Å². The third-order valence-electron chi connectivity index (χ3n) is 2.08. The van der Waals surface area contributed by atoms with E-state index >= 15 is 0 Å². The Morgan fingerprint density at radius 2 is 2.06 bits per heavy atom. The number of hydrogen-bond donors (Lipinski definition) is 2. The fourth-order valence-electron chi connectivity index (χ4n) is 1.28. The van der Waals surface area contributed by atoms with Crippen molar-refractivity contribution in [1.29, 1.82) is 0 Å². The van der Waals surface area contributed by atoms with E-state index < -0.39 is 5.91 Å². The first-order valence-corrected chi connectivity index (χ1v) is 4.88. The predicted octanol–water partition coefficient (Wildman–Crippen LogP) is 1.68. The van der Waals surface area contributed by atoms with Crippen LogP contribution in [0.25, 0.3) is 0 Å². The van der Waals surface area contributed by atoms with Crippen LogP contribution in [0.5, 0.6) is 17.2 Å². The Labute approximate surface area is 97.5 Å². The van der Waals surface area contributed by atoms with E-state index in [2.05, 4.69) is 4.98 Å². The Bertz CT molecular complexity index is 555. The maximum Gasteiger partial charge on any atom is 0.267 e. The van der Waals surface area contributed by atoms with Crippen molar-refractivity contribution in [2.45, 2.75) is 0 Å². The number of carbonyl (C=O) groups excluding carboxylic acids is 1. The lowest BCUT2D eigenvalue weighted by Gasteiger charge is -2.07. The van der Waals surface area contributed by atoms with Gasteiger partial charge in [0.25, 0.3) is 5.91 Å². The number of aromatic nitrogens is 1. The number of carbonyl (C=O) groups is 1. The second-order valence-corrected chi connectivity index (χ2v) is 3.31. The van der Waals surface area contributed by atoms with Gasteiger partial charge < -0.3 is 15.6 Å². The van der Waals surface area contributed by atoms with Gasteiger partial charge in [0, 0.05) is 12.3 Å². The number of para-hydroxylation sites is 2. The molecule has 0 saturated heterocycles. The molecule has 0 aliphatic heterocycles. The van der Waals surface area contributed by atoms with Crippen LogP contribution in [0.4, 0.5) is 0 Å². The maximum absolute atomic E-state index is 10.9. The third kappa shape index (κ3) is 2.52. The average Bonchev–Trinajstić information content (AvgIpc) is 2.32. The predicted molar refractivity (Wildman–Crippen MR) is 60.9 cm³/mol. The van der Waals surface area contributed by atoms with Crippen molar-refractivity contribution in [3.05, 3.63) is 48.3 Å². The van der Waals surface area contributed by atoms with Crippen LogP contribution in [0.2, 0.25) is 0 Å². The van der Waals surface area contributed by atoms with E-state index in [0.717, 1.165) is 0 Å². The van der Waals surface area contributed by atoms with E-state index in [-0.39, 0.29) is 11.4 Å². The summed E-state index contributed by atoms with van der Waals surface area (Å²) in [5, 5.41) is 9.52. The molecule has 0 aliphatic rings. The summed E-state index contributed by atoms with van der Waals surface area (Å²) in [7, 11) is 0. The highest BCUT2D eigenvalue weighted by Gasteiger charge is 2.06. The number of phenolic OH excluding ortho intramolecular Hbond substituents is 1. The summed E-state index contributed by atoms with van der Waals surface area (Å²) >= 11 is 0. The topological polar surface area (TPSA) is 85.4 Å². The molecular formula is C12H10N2O3. The van der Waals surface area contributed by atoms with Crippen molar-refractivity contribution in [2.75, 3.05) is 0 Å². The van der Waals surface area contributed by atoms with Gasteiger partial charge in [-0.25, -0.2) is 0 Å².